The number of nitrogens with one attached hydrogen (secondary N) is 1. The molecule has 2 aromatic heterocycles. The molecule has 0 aromatic carbocycles. The van der Waals surface area contributed by atoms with Gasteiger partial charge in [0.2, 0.25) is 0 Å². The molecule has 1 N–H and O–H groups in total. The summed E-state index contributed by atoms with van der Waals surface area (Å²) in [6, 6.07) is 7.30. The SMILES string of the molecule is O=C(c1ccc[nH]c1=O)N1CCN(c2ccc(C3CC3)nn2)CC1. The van der Waals surface area contributed by atoms with Crippen LogP contribution in [0.25, 0.3) is 0 Å². The van der Waals surface area contributed by atoms with Gasteiger partial charge in [-0.2, -0.15) is 5.10 Å². The van der Waals surface area contributed by atoms with E-state index >= 15 is 0 Å². The summed E-state index contributed by atoms with van der Waals surface area (Å²) >= 11 is 0. The Morgan fingerprint density at radius 1 is 1.08 bits per heavy atom. The van der Waals surface area contributed by atoms with E-state index in [9.17, 15) is 9.59 Å². The van der Waals surface area contributed by atoms with Crippen molar-refractivity contribution in [2.24, 2.45) is 0 Å². The van der Waals surface area contributed by atoms with Crippen LogP contribution in [0.3, 0.4) is 0 Å². The van der Waals surface area contributed by atoms with Crippen molar-refractivity contribution < 1.29 is 4.79 Å². The lowest BCUT2D eigenvalue weighted by atomic mass is 10.2. The highest BCUT2D eigenvalue weighted by molar-refractivity contribution is 5.93. The molecule has 24 heavy (non-hydrogen) atoms. The highest BCUT2D eigenvalue weighted by atomic mass is 16.2. The molecule has 2 aromatic rings. The zero-order valence-corrected chi connectivity index (χ0v) is 13.3. The van der Waals surface area contributed by atoms with E-state index in [1.165, 1.54) is 19.0 Å². The Morgan fingerprint density at radius 2 is 1.88 bits per heavy atom. The molecule has 0 unspecified atom stereocenters. The third kappa shape index (κ3) is 2.89. The van der Waals surface area contributed by atoms with Gasteiger partial charge in [0.05, 0.1) is 5.69 Å². The van der Waals surface area contributed by atoms with Gasteiger partial charge >= 0.3 is 0 Å². The number of piperazine rings is 1. The smallest absolute Gasteiger partial charge is 0.260 e. The second-order valence-electron chi connectivity index (χ2n) is 6.28. The zero-order valence-electron chi connectivity index (χ0n) is 13.3. The fourth-order valence-electron chi connectivity index (χ4n) is 3.00. The number of aromatic nitrogens is 3. The van der Waals surface area contributed by atoms with Crippen LogP contribution in [-0.4, -0.2) is 52.2 Å². The third-order valence-corrected chi connectivity index (χ3v) is 4.61. The van der Waals surface area contributed by atoms with Crippen LogP contribution in [0.15, 0.2) is 35.3 Å². The van der Waals surface area contributed by atoms with E-state index in [1.54, 1.807) is 17.0 Å². The van der Waals surface area contributed by atoms with Crippen LogP contribution in [0.5, 0.6) is 0 Å². The van der Waals surface area contributed by atoms with Gasteiger partial charge < -0.3 is 14.8 Å². The van der Waals surface area contributed by atoms with Crippen LogP contribution in [-0.2, 0) is 0 Å². The molecule has 0 spiro atoms. The predicted octanol–water partition coefficient (Wildman–Crippen LogP) is 1.00. The van der Waals surface area contributed by atoms with E-state index in [-0.39, 0.29) is 17.0 Å². The average Bonchev–Trinajstić information content (AvgIpc) is 3.47. The maximum absolute atomic E-state index is 12.4. The van der Waals surface area contributed by atoms with Gasteiger partial charge in [0, 0.05) is 38.3 Å². The molecule has 124 valence electrons. The van der Waals surface area contributed by atoms with Crippen molar-refractivity contribution in [1.29, 1.82) is 0 Å². The van der Waals surface area contributed by atoms with E-state index in [4.69, 9.17) is 0 Å². The summed E-state index contributed by atoms with van der Waals surface area (Å²) < 4.78 is 0. The highest BCUT2D eigenvalue weighted by Crippen LogP contribution is 2.38. The van der Waals surface area contributed by atoms with Gasteiger partial charge in [-0.05, 0) is 37.1 Å². The number of nitrogens with zero attached hydrogens (tertiary/aromatic N) is 4. The summed E-state index contributed by atoms with van der Waals surface area (Å²) in [6.07, 6.45) is 3.96. The second kappa shape index (κ2) is 6.07. The minimum absolute atomic E-state index is 0.194. The van der Waals surface area contributed by atoms with Crippen molar-refractivity contribution in [3.63, 3.8) is 0 Å². The average molecular weight is 325 g/mol. The van der Waals surface area contributed by atoms with Crippen molar-refractivity contribution in [2.45, 2.75) is 18.8 Å². The van der Waals surface area contributed by atoms with E-state index in [0.29, 0.717) is 32.1 Å². The number of hydrogen-bond donors (Lipinski definition) is 1. The minimum Gasteiger partial charge on any atom is -0.352 e. The van der Waals surface area contributed by atoms with Crippen LogP contribution in [0.4, 0.5) is 5.82 Å². The molecule has 1 aliphatic heterocycles. The minimum atomic E-state index is -0.341. The molecule has 1 saturated carbocycles. The van der Waals surface area contributed by atoms with Gasteiger partial charge in [0.25, 0.3) is 11.5 Å². The Labute approximate surface area is 139 Å². The first-order chi connectivity index (χ1) is 11.7. The first-order valence-corrected chi connectivity index (χ1v) is 8.28. The van der Waals surface area contributed by atoms with Crippen LogP contribution in [0.1, 0.15) is 34.8 Å². The number of carbonyl (C=O) groups excluding carboxylic acids is 1. The van der Waals surface area contributed by atoms with Gasteiger partial charge in [-0.25, -0.2) is 0 Å². The highest BCUT2D eigenvalue weighted by Gasteiger charge is 2.27. The van der Waals surface area contributed by atoms with Crippen molar-refractivity contribution in [1.82, 2.24) is 20.1 Å². The Kier molecular flexibility index (Phi) is 3.76. The predicted molar refractivity (Wildman–Crippen MR) is 89.2 cm³/mol. The maximum atomic E-state index is 12.4. The quantitative estimate of drug-likeness (QED) is 0.910. The molecule has 1 amide bonds. The molecule has 1 aliphatic carbocycles. The fourth-order valence-corrected chi connectivity index (χ4v) is 3.00. The van der Waals surface area contributed by atoms with Crippen LogP contribution < -0.4 is 10.5 Å². The van der Waals surface area contributed by atoms with Crippen molar-refractivity contribution in [2.75, 3.05) is 31.1 Å². The number of rotatable bonds is 3. The van der Waals surface area contributed by atoms with E-state index in [2.05, 4.69) is 26.1 Å². The monoisotopic (exact) mass is 325 g/mol. The van der Waals surface area contributed by atoms with Gasteiger partial charge in [0.15, 0.2) is 5.82 Å². The number of aromatic amines is 1. The van der Waals surface area contributed by atoms with E-state index < -0.39 is 0 Å². The second-order valence-corrected chi connectivity index (χ2v) is 6.28. The molecule has 4 rings (SSSR count). The third-order valence-electron chi connectivity index (χ3n) is 4.61. The molecular weight excluding hydrogens is 306 g/mol. The molecule has 3 heterocycles. The van der Waals surface area contributed by atoms with Crippen LogP contribution in [0, 0.1) is 0 Å². The number of anilines is 1. The first-order valence-electron chi connectivity index (χ1n) is 8.28. The molecule has 7 nitrogen and oxygen atoms in total. The Balaban J connectivity index is 1.40. The van der Waals surface area contributed by atoms with Crippen molar-refractivity contribution in [3.8, 4) is 0 Å². The lowest BCUT2D eigenvalue weighted by Gasteiger charge is -2.35. The molecular formula is C17H19N5O2. The zero-order chi connectivity index (χ0) is 16.5. The van der Waals surface area contributed by atoms with E-state index in [0.717, 1.165) is 11.5 Å². The number of carbonyl (C=O) groups is 1. The number of amides is 1. The van der Waals surface area contributed by atoms with Crippen molar-refractivity contribution >= 4 is 11.7 Å². The Hall–Kier alpha value is -2.70. The standard InChI is InChI=1S/C17H19N5O2/c23-16-13(2-1-7-18-16)17(24)22-10-8-21(9-11-22)15-6-5-14(19-20-15)12-3-4-12/h1-2,5-7,12H,3-4,8-11H2,(H,18,23). The normalized spacial score (nSPS) is 17.8. The van der Waals surface area contributed by atoms with Crippen LogP contribution >= 0.6 is 0 Å². The summed E-state index contributed by atoms with van der Waals surface area (Å²) in [7, 11) is 0. The van der Waals surface area contributed by atoms with Gasteiger partial charge in [-0.15, -0.1) is 5.10 Å². The van der Waals surface area contributed by atoms with Crippen molar-refractivity contribution in [3.05, 3.63) is 52.1 Å². The lowest BCUT2D eigenvalue weighted by molar-refractivity contribution is 0.0744. The Bertz CT molecular complexity index is 789. The van der Waals surface area contributed by atoms with Gasteiger partial charge in [0.1, 0.15) is 5.56 Å². The summed E-state index contributed by atoms with van der Waals surface area (Å²) in [5, 5.41) is 8.63. The first kappa shape index (κ1) is 14.9. The molecule has 7 heteroatoms. The fraction of sp³-hybridized carbons (Fsp3) is 0.412. The topological polar surface area (TPSA) is 82.2 Å². The molecule has 0 atom stereocenters. The van der Waals surface area contributed by atoms with E-state index in [1.807, 2.05) is 6.07 Å². The Morgan fingerprint density at radius 3 is 2.50 bits per heavy atom. The number of hydrogen-bond acceptors (Lipinski definition) is 5. The lowest BCUT2D eigenvalue weighted by Crippen LogP contribution is -2.49. The molecule has 2 fully saturated rings. The van der Waals surface area contributed by atoms with Gasteiger partial charge in [-0.3, -0.25) is 9.59 Å². The van der Waals surface area contributed by atoms with Gasteiger partial charge in [-0.1, -0.05) is 0 Å². The largest absolute Gasteiger partial charge is 0.352 e. The number of H-pyrrole nitrogens is 1. The maximum Gasteiger partial charge on any atom is 0.260 e. The molecule has 0 bridgehead atoms. The van der Waals surface area contributed by atoms with Crippen LogP contribution in [0.2, 0.25) is 0 Å². The summed E-state index contributed by atoms with van der Waals surface area (Å²) in [6.45, 7) is 2.51. The summed E-state index contributed by atoms with van der Waals surface area (Å²) in [5.74, 6) is 1.24. The molecule has 0 radical (unpaired) electrons. The summed E-state index contributed by atoms with van der Waals surface area (Å²) in [5.41, 5.74) is 0.932. The summed E-state index contributed by atoms with van der Waals surface area (Å²) in [4.78, 5) is 30.6. The molecule has 2 aliphatic rings. The number of pyridine rings is 1. The molecule has 1 saturated heterocycles.